The molecule has 2 fully saturated rings. The number of carbonyl (C=O) groups is 1. The fraction of sp³-hybridized carbons (Fsp3) is 0.636. The number of nitrogens with one attached hydrogen (secondary N) is 1. The third-order valence-electron chi connectivity index (χ3n) is 5.74. The van der Waals surface area contributed by atoms with Crippen molar-refractivity contribution in [3.05, 3.63) is 35.9 Å². The lowest BCUT2D eigenvalue weighted by Gasteiger charge is -2.34. The van der Waals surface area contributed by atoms with Gasteiger partial charge in [-0.1, -0.05) is 0 Å². The maximum atomic E-state index is 12.8. The Morgan fingerprint density at radius 1 is 1.13 bits per heavy atom. The molecule has 0 aromatic carbocycles. The van der Waals surface area contributed by atoms with Crippen LogP contribution < -0.4 is 10.2 Å². The van der Waals surface area contributed by atoms with Gasteiger partial charge in [0.2, 0.25) is 5.95 Å². The molecule has 2 aliphatic rings. The summed E-state index contributed by atoms with van der Waals surface area (Å²) in [5.41, 5.74) is 1.54. The first-order chi connectivity index (χ1) is 14.4. The Morgan fingerprint density at radius 2 is 1.83 bits per heavy atom. The minimum Gasteiger partial charge on any atom is -0.351 e. The molecule has 1 aliphatic heterocycles. The lowest BCUT2D eigenvalue weighted by Crippen LogP contribution is -2.47. The van der Waals surface area contributed by atoms with Crippen LogP contribution in [-0.4, -0.2) is 69.8 Å². The zero-order valence-electron chi connectivity index (χ0n) is 18.3. The molecular formula is C22H33N7O. The monoisotopic (exact) mass is 411 g/mol. The molecule has 1 amide bonds. The average Bonchev–Trinajstić information content (AvgIpc) is 3.49. The molecule has 0 bridgehead atoms. The van der Waals surface area contributed by atoms with Gasteiger partial charge in [-0.05, 0) is 58.7 Å². The van der Waals surface area contributed by atoms with Gasteiger partial charge in [0.25, 0.3) is 5.91 Å². The third-order valence-corrected chi connectivity index (χ3v) is 5.74. The van der Waals surface area contributed by atoms with E-state index in [2.05, 4.69) is 45.9 Å². The summed E-state index contributed by atoms with van der Waals surface area (Å²) in [6.07, 6.45) is 6.89. The van der Waals surface area contributed by atoms with Gasteiger partial charge in [-0.15, -0.1) is 0 Å². The molecule has 162 valence electrons. The summed E-state index contributed by atoms with van der Waals surface area (Å²) in [5, 5.41) is 7.83. The summed E-state index contributed by atoms with van der Waals surface area (Å²) >= 11 is 0. The number of piperazine rings is 1. The van der Waals surface area contributed by atoms with E-state index in [4.69, 9.17) is 5.10 Å². The van der Waals surface area contributed by atoms with Gasteiger partial charge in [0, 0.05) is 51.0 Å². The van der Waals surface area contributed by atoms with Gasteiger partial charge in [0.1, 0.15) is 5.69 Å². The Bertz CT molecular complexity index is 846. The first-order valence-corrected chi connectivity index (χ1v) is 11.0. The third kappa shape index (κ3) is 4.98. The molecular weight excluding hydrogens is 378 g/mol. The Kier molecular flexibility index (Phi) is 6.04. The van der Waals surface area contributed by atoms with Crippen LogP contribution in [0.25, 0.3) is 0 Å². The van der Waals surface area contributed by atoms with Crippen molar-refractivity contribution < 1.29 is 4.79 Å². The largest absolute Gasteiger partial charge is 0.351 e. The van der Waals surface area contributed by atoms with E-state index in [1.165, 1.54) is 12.8 Å². The molecule has 8 nitrogen and oxygen atoms in total. The molecule has 0 unspecified atom stereocenters. The van der Waals surface area contributed by atoms with E-state index in [-0.39, 0.29) is 11.4 Å². The highest BCUT2D eigenvalue weighted by Crippen LogP contribution is 2.40. The van der Waals surface area contributed by atoms with E-state index in [9.17, 15) is 4.79 Å². The quantitative estimate of drug-likeness (QED) is 0.704. The molecule has 0 atom stereocenters. The van der Waals surface area contributed by atoms with Crippen LogP contribution in [0.1, 0.15) is 62.1 Å². The lowest BCUT2D eigenvalue weighted by atomic mass is 10.1. The summed E-state index contributed by atoms with van der Waals surface area (Å²) in [4.78, 5) is 26.1. The molecule has 0 spiro atoms. The van der Waals surface area contributed by atoms with Gasteiger partial charge < -0.3 is 10.2 Å². The zero-order chi connectivity index (χ0) is 21.1. The van der Waals surface area contributed by atoms with E-state index in [1.807, 2.05) is 16.8 Å². The van der Waals surface area contributed by atoms with E-state index in [0.29, 0.717) is 18.2 Å². The number of aromatic nitrogens is 4. The molecule has 2 aromatic heterocycles. The Labute approximate surface area is 178 Å². The van der Waals surface area contributed by atoms with Crippen LogP contribution in [0.15, 0.2) is 24.5 Å². The highest BCUT2D eigenvalue weighted by molar-refractivity contribution is 5.92. The van der Waals surface area contributed by atoms with E-state index in [0.717, 1.165) is 50.8 Å². The van der Waals surface area contributed by atoms with Crippen LogP contribution in [0, 0.1) is 0 Å². The number of hydrogen-bond acceptors (Lipinski definition) is 6. The molecule has 1 saturated carbocycles. The highest BCUT2D eigenvalue weighted by atomic mass is 16.2. The molecule has 1 aliphatic carbocycles. The van der Waals surface area contributed by atoms with Crippen molar-refractivity contribution >= 4 is 11.9 Å². The minimum atomic E-state index is -0.206. The Balaban J connectivity index is 1.22. The van der Waals surface area contributed by atoms with E-state index in [1.54, 1.807) is 12.4 Å². The number of amides is 1. The second-order valence-corrected chi connectivity index (χ2v) is 9.30. The molecule has 2 aromatic rings. The summed E-state index contributed by atoms with van der Waals surface area (Å²) < 4.78 is 1.89. The first-order valence-electron chi connectivity index (χ1n) is 11.0. The topological polar surface area (TPSA) is 79.2 Å². The molecule has 4 rings (SSSR count). The maximum Gasteiger partial charge on any atom is 0.269 e. The van der Waals surface area contributed by atoms with Crippen molar-refractivity contribution in [2.45, 2.75) is 51.5 Å². The smallest absolute Gasteiger partial charge is 0.269 e. The number of nitrogens with zero attached hydrogens (tertiary/aromatic N) is 6. The van der Waals surface area contributed by atoms with Crippen molar-refractivity contribution in [1.29, 1.82) is 0 Å². The maximum absolute atomic E-state index is 12.8. The Hall–Kier alpha value is -2.48. The standard InChI is InChI=1S/C22H33N7O/c1-22(2,3)29-19(16-18(26-29)17-6-7-17)20(30)23-10-5-11-27-12-14-28(15-13-27)21-24-8-4-9-25-21/h4,8-9,16-17H,5-7,10-15H2,1-3H3,(H,23,30). The van der Waals surface area contributed by atoms with Gasteiger partial charge in [0.05, 0.1) is 11.2 Å². The molecule has 0 radical (unpaired) electrons. The van der Waals surface area contributed by atoms with Gasteiger partial charge >= 0.3 is 0 Å². The molecule has 1 saturated heterocycles. The number of hydrogen-bond donors (Lipinski definition) is 1. The van der Waals surface area contributed by atoms with E-state index < -0.39 is 0 Å². The number of anilines is 1. The fourth-order valence-corrected chi connectivity index (χ4v) is 3.87. The summed E-state index contributed by atoms with van der Waals surface area (Å²) in [7, 11) is 0. The van der Waals surface area contributed by atoms with Gasteiger partial charge in [-0.25, -0.2) is 9.97 Å². The molecule has 30 heavy (non-hydrogen) atoms. The highest BCUT2D eigenvalue weighted by Gasteiger charge is 2.31. The van der Waals surface area contributed by atoms with Gasteiger partial charge in [0.15, 0.2) is 0 Å². The van der Waals surface area contributed by atoms with Crippen molar-refractivity contribution in [1.82, 2.24) is 30.0 Å². The van der Waals surface area contributed by atoms with Crippen molar-refractivity contribution in [3.63, 3.8) is 0 Å². The average molecular weight is 412 g/mol. The van der Waals surface area contributed by atoms with E-state index >= 15 is 0 Å². The van der Waals surface area contributed by atoms with Crippen molar-refractivity contribution in [2.75, 3.05) is 44.2 Å². The number of rotatable bonds is 7. The summed E-state index contributed by atoms with van der Waals surface area (Å²) in [6, 6.07) is 3.83. The van der Waals surface area contributed by atoms with Crippen LogP contribution in [0.4, 0.5) is 5.95 Å². The lowest BCUT2D eigenvalue weighted by molar-refractivity contribution is 0.0933. The van der Waals surface area contributed by atoms with Gasteiger partial charge in [-0.3, -0.25) is 14.4 Å². The predicted octanol–water partition coefficient (Wildman–Crippen LogP) is 2.25. The Morgan fingerprint density at radius 3 is 2.47 bits per heavy atom. The normalized spacial score (nSPS) is 17.9. The first kappa shape index (κ1) is 20.8. The van der Waals surface area contributed by atoms with Crippen LogP contribution in [0.2, 0.25) is 0 Å². The van der Waals surface area contributed by atoms with Crippen LogP contribution in [0.3, 0.4) is 0 Å². The SMILES string of the molecule is CC(C)(C)n1nc(C2CC2)cc1C(=O)NCCCN1CCN(c2ncccn2)CC1. The molecule has 8 heteroatoms. The predicted molar refractivity (Wildman–Crippen MR) is 117 cm³/mol. The van der Waals surface area contributed by atoms with Crippen molar-refractivity contribution in [3.8, 4) is 0 Å². The fourth-order valence-electron chi connectivity index (χ4n) is 3.87. The van der Waals surface area contributed by atoms with Crippen molar-refractivity contribution in [2.24, 2.45) is 0 Å². The van der Waals surface area contributed by atoms with Crippen LogP contribution in [-0.2, 0) is 5.54 Å². The summed E-state index contributed by atoms with van der Waals surface area (Å²) in [6.45, 7) is 11.8. The zero-order valence-corrected chi connectivity index (χ0v) is 18.3. The van der Waals surface area contributed by atoms with Gasteiger partial charge in [-0.2, -0.15) is 5.10 Å². The second kappa shape index (κ2) is 8.71. The second-order valence-electron chi connectivity index (χ2n) is 9.30. The molecule has 1 N–H and O–H groups in total. The molecule has 3 heterocycles. The van der Waals surface area contributed by atoms with Crippen LogP contribution in [0.5, 0.6) is 0 Å². The number of carbonyl (C=O) groups excluding carboxylic acids is 1. The minimum absolute atomic E-state index is 0.0182. The van der Waals surface area contributed by atoms with Crippen LogP contribution >= 0.6 is 0 Å². The summed E-state index contributed by atoms with van der Waals surface area (Å²) in [5.74, 6) is 1.33.